The molecule has 408 valence electrons. The second-order valence-corrected chi connectivity index (χ2v) is 20.4. The van der Waals surface area contributed by atoms with Crippen molar-refractivity contribution >= 4 is 5.91 Å². The minimum Gasteiger partial charge on any atom is -0.394 e. The number of unbranched alkanes of at least 4 members (excludes halogenated alkanes) is 30. The Morgan fingerprint density at radius 1 is 0.500 bits per heavy atom. The van der Waals surface area contributed by atoms with Crippen LogP contribution in [-0.2, 0) is 14.3 Å². The maximum absolute atomic E-state index is 13.0. The summed E-state index contributed by atoms with van der Waals surface area (Å²) in [7, 11) is 0. The third-order valence-electron chi connectivity index (χ3n) is 13.9. The van der Waals surface area contributed by atoms with E-state index < -0.39 is 49.5 Å². The molecule has 1 amide bonds. The molecule has 0 bridgehead atoms. The van der Waals surface area contributed by atoms with Crippen LogP contribution in [0.15, 0.2) is 60.8 Å². The van der Waals surface area contributed by atoms with Gasteiger partial charge in [-0.3, -0.25) is 4.79 Å². The first-order valence-electron chi connectivity index (χ1n) is 29.5. The van der Waals surface area contributed by atoms with Crippen LogP contribution in [0.3, 0.4) is 0 Å². The smallest absolute Gasteiger partial charge is 0.220 e. The minimum absolute atomic E-state index is 0.163. The lowest BCUT2D eigenvalue weighted by Crippen LogP contribution is -2.60. The lowest BCUT2D eigenvalue weighted by atomic mass is 9.99. The Labute approximate surface area is 430 Å². The molecule has 0 aromatic carbocycles. The number of amides is 1. The van der Waals surface area contributed by atoms with Gasteiger partial charge in [-0.15, -0.1) is 0 Å². The molecule has 7 atom stereocenters. The van der Waals surface area contributed by atoms with Crippen LogP contribution in [0, 0.1) is 0 Å². The van der Waals surface area contributed by atoms with E-state index >= 15 is 0 Å². The van der Waals surface area contributed by atoms with E-state index in [0.717, 1.165) is 57.8 Å². The highest BCUT2D eigenvalue weighted by Crippen LogP contribution is 2.23. The van der Waals surface area contributed by atoms with Gasteiger partial charge in [0.2, 0.25) is 5.91 Å². The van der Waals surface area contributed by atoms with Crippen LogP contribution in [0.4, 0.5) is 0 Å². The lowest BCUT2D eigenvalue weighted by Gasteiger charge is -2.40. The van der Waals surface area contributed by atoms with Gasteiger partial charge in [0.05, 0.1) is 25.4 Å². The standard InChI is InChI=1S/C61H111NO8/c1-3-5-7-9-11-13-15-17-19-21-22-23-24-25-26-27-28-29-30-31-32-33-35-36-38-40-42-44-46-48-50-55(64)54(53-69-61-60(68)59(67)58(66)56(52-63)70-61)62-57(65)51-49-47-45-43-41-39-37-34-20-18-16-14-12-10-8-6-4-2/h6,8,12,14,18,20,37,39,43,45,54-56,58-61,63-64,66-68H,3-5,7,9-11,13,15-17,19,21-36,38,40-42,44,46-53H2,1-2H3,(H,62,65)/b8-6-,14-12-,20-18-,39-37-,45-43-. The summed E-state index contributed by atoms with van der Waals surface area (Å²) < 4.78 is 11.3. The Balaban J connectivity index is 2.18. The Bertz CT molecular complexity index is 1280. The summed E-state index contributed by atoms with van der Waals surface area (Å²) in [6.07, 6.45) is 61.3. The fraction of sp³-hybridized carbons (Fsp3) is 0.820. The highest BCUT2D eigenvalue weighted by atomic mass is 16.7. The fourth-order valence-corrected chi connectivity index (χ4v) is 9.26. The normalized spacial score (nSPS) is 19.8. The van der Waals surface area contributed by atoms with Gasteiger partial charge in [0.1, 0.15) is 24.4 Å². The van der Waals surface area contributed by atoms with Crippen LogP contribution in [0.25, 0.3) is 0 Å². The van der Waals surface area contributed by atoms with Gasteiger partial charge in [-0.2, -0.15) is 0 Å². The van der Waals surface area contributed by atoms with Gasteiger partial charge in [-0.25, -0.2) is 0 Å². The zero-order chi connectivity index (χ0) is 50.8. The molecule has 0 saturated carbocycles. The van der Waals surface area contributed by atoms with Gasteiger partial charge in [-0.05, 0) is 51.4 Å². The van der Waals surface area contributed by atoms with Crippen molar-refractivity contribution < 1.29 is 39.8 Å². The monoisotopic (exact) mass is 986 g/mol. The quantitative estimate of drug-likeness (QED) is 0.0261. The van der Waals surface area contributed by atoms with Crippen LogP contribution in [-0.4, -0.2) is 87.5 Å². The minimum atomic E-state index is -1.57. The number of allylic oxidation sites excluding steroid dienone is 10. The number of hydrogen-bond acceptors (Lipinski definition) is 8. The fourth-order valence-electron chi connectivity index (χ4n) is 9.26. The van der Waals surface area contributed by atoms with Crippen molar-refractivity contribution in [2.45, 2.75) is 307 Å². The Kier molecular flexibility index (Phi) is 47.5. The summed E-state index contributed by atoms with van der Waals surface area (Å²) in [5, 5.41) is 54.6. The van der Waals surface area contributed by atoms with E-state index in [1.54, 1.807) is 0 Å². The summed E-state index contributed by atoms with van der Waals surface area (Å²) in [6, 6.07) is -0.753. The predicted molar refractivity (Wildman–Crippen MR) is 295 cm³/mol. The second kappa shape index (κ2) is 50.4. The van der Waals surface area contributed by atoms with Gasteiger partial charge >= 0.3 is 0 Å². The van der Waals surface area contributed by atoms with E-state index in [1.165, 1.54) is 173 Å². The van der Waals surface area contributed by atoms with Gasteiger partial charge in [-0.1, -0.05) is 267 Å². The molecule has 6 N–H and O–H groups in total. The Hall–Kier alpha value is -2.11. The van der Waals surface area contributed by atoms with Crippen molar-refractivity contribution in [2.75, 3.05) is 13.2 Å². The third-order valence-corrected chi connectivity index (χ3v) is 13.9. The van der Waals surface area contributed by atoms with E-state index in [1.807, 2.05) is 0 Å². The SMILES string of the molecule is CC/C=C\C/C=C\C/C=C\C/C=C\C/C=C\CCCC(=O)NC(COC1OC(CO)C(O)C(O)C1O)C(O)CCCCCCCCCCCCCCCCCCCCCCCCCCCCCCCC. The first-order chi connectivity index (χ1) is 34.3. The number of carbonyl (C=O) groups is 1. The van der Waals surface area contributed by atoms with E-state index in [4.69, 9.17) is 9.47 Å². The predicted octanol–water partition coefficient (Wildman–Crippen LogP) is 14.7. The average molecular weight is 987 g/mol. The van der Waals surface area contributed by atoms with E-state index in [9.17, 15) is 30.3 Å². The molecule has 0 aromatic rings. The first kappa shape index (κ1) is 65.9. The molecular weight excluding hydrogens is 875 g/mol. The molecule has 1 fully saturated rings. The van der Waals surface area contributed by atoms with E-state index in [2.05, 4.69) is 79.9 Å². The molecule has 70 heavy (non-hydrogen) atoms. The maximum Gasteiger partial charge on any atom is 0.220 e. The molecule has 9 nitrogen and oxygen atoms in total. The number of aliphatic hydroxyl groups excluding tert-OH is 5. The molecule has 1 aliphatic rings. The molecule has 9 heteroatoms. The van der Waals surface area contributed by atoms with E-state index in [0.29, 0.717) is 12.8 Å². The summed E-state index contributed by atoms with van der Waals surface area (Å²) >= 11 is 0. The second-order valence-electron chi connectivity index (χ2n) is 20.4. The maximum atomic E-state index is 13.0. The summed E-state index contributed by atoms with van der Waals surface area (Å²) in [5.41, 5.74) is 0. The van der Waals surface area contributed by atoms with Crippen LogP contribution >= 0.6 is 0 Å². The number of ether oxygens (including phenoxy) is 2. The molecular formula is C61H111NO8. The number of nitrogens with one attached hydrogen (secondary N) is 1. The number of hydrogen-bond donors (Lipinski definition) is 6. The molecule has 0 radical (unpaired) electrons. The van der Waals surface area contributed by atoms with Crippen molar-refractivity contribution in [2.24, 2.45) is 0 Å². The Morgan fingerprint density at radius 3 is 1.26 bits per heavy atom. The molecule has 1 saturated heterocycles. The topological polar surface area (TPSA) is 149 Å². The van der Waals surface area contributed by atoms with Gasteiger partial charge in [0, 0.05) is 6.42 Å². The lowest BCUT2D eigenvalue weighted by molar-refractivity contribution is -0.302. The summed E-state index contributed by atoms with van der Waals surface area (Å²) in [5.74, 6) is -0.199. The zero-order valence-corrected chi connectivity index (χ0v) is 45.3. The van der Waals surface area contributed by atoms with Gasteiger partial charge in [0.15, 0.2) is 6.29 Å². The number of aliphatic hydroxyl groups is 5. The molecule has 1 heterocycles. The van der Waals surface area contributed by atoms with Gasteiger partial charge in [0.25, 0.3) is 0 Å². The van der Waals surface area contributed by atoms with Crippen molar-refractivity contribution in [3.8, 4) is 0 Å². The average Bonchev–Trinajstić information content (AvgIpc) is 3.36. The molecule has 7 unspecified atom stereocenters. The molecule has 0 aliphatic carbocycles. The molecule has 1 rings (SSSR count). The van der Waals surface area contributed by atoms with Crippen LogP contribution in [0.2, 0.25) is 0 Å². The van der Waals surface area contributed by atoms with Crippen molar-refractivity contribution in [3.63, 3.8) is 0 Å². The highest BCUT2D eigenvalue weighted by molar-refractivity contribution is 5.76. The first-order valence-corrected chi connectivity index (χ1v) is 29.5. The summed E-state index contributed by atoms with van der Waals surface area (Å²) in [4.78, 5) is 13.0. The van der Waals surface area contributed by atoms with Gasteiger partial charge < -0.3 is 40.3 Å². The Morgan fingerprint density at radius 2 is 0.871 bits per heavy atom. The van der Waals surface area contributed by atoms with Crippen LogP contribution in [0.1, 0.15) is 264 Å². The van der Waals surface area contributed by atoms with Crippen molar-refractivity contribution in [3.05, 3.63) is 60.8 Å². The van der Waals surface area contributed by atoms with Crippen molar-refractivity contribution in [1.29, 1.82) is 0 Å². The molecule has 1 aliphatic heterocycles. The van der Waals surface area contributed by atoms with E-state index in [-0.39, 0.29) is 18.9 Å². The number of carbonyl (C=O) groups excluding carboxylic acids is 1. The van der Waals surface area contributed by atoms with Crippen LogP contribution in [0.5, 0.6) is 0 Å². The summed E-state index contributed by atoms with van der Waals surface area (Å²) in [6.45, 7) is 3.71. The number of rotatable bonds is 50. The molecule has 0 aromatic heterocycles. The largest absolute Gasteiger partial charge is 0.394 e. The molecule has 0 spiro atoms. The van der Waals surface area contributed by atoms with Crippen molar-refractivity contribution in [1.82, 2.24) is 5.32 Å². The van der Waals surface area contributed by atoms with Crippen LogP contribution < -0.4 is 5.32 Å². The zero-order valence-electron chi connectivity index (χ0n) is 45.3. The highest BCUT2D eigenvalue weighted by Gasteiger charge is 2.44. The third kappa shape index (κ3) is 39.4.